The van der Waals surface area contributed by atoms with E-state index >= 15 is 0 Å². The van der Waals surface area contributed by atoms with Crippen molar-refractivity contribution >= 4 is 43.2 Å². The second kappa shape index (κ2) is 12.3. The number of carbonyl (C=O) groups is 2. The Balaban J connectivity index is 1.56. The van der Waals surface area contributed by atoms with Gasteiger partial charge in [-0.15, -0.1) is 9.24 Å². The Labute approximate surface area is 200 Å². The average molecular weight is 485 g/mol. The van der Waals surface area contributed by atoms with Crippen LogP contribution in [0.25, 0.3) is 10.8 Å². The van der Waals surface area contributed by atoms with Gasteiger partial charge in [0.1, 0.15) is 11.6 Å². The molecule has 0 saturated carbocycles. The lowest BCUT2D eigenvalue weighted by Crippen LogP contribution is -2.49. The Hall–Kier alpha value is -3.29. The number of anilines is 1. The van der Waals surface area contributed by atoms with Crippen LogP contribution < -0.4 is 27.0 Å². The molecule has 2 aromatic carbocycles. The molecule has 5 N–H and O–H groups in total. The highest BCUT2D eigenvalue weighted by atomic mass is 31.0. The molecule has 2 atom stereocenters. The van der Waals surface area contributed by atoms with Gasteiger partial charge in [-0.1, -0.05) is 36.4 Å². The second-order valence-corrected chi connectivity index (χ2v) is 8.50. The Morgan fingerprint density at radius 2 is 1.91 bits per heavy atom. The molecule has 4 amide bonds. The fraction of sp³-hybridized carbons (Fsp3) is 0.292. The summed E-state index contributed by atoms with van der Waals surface area (Å²) in [5.74, 6) is 0.0891. The molecule has 0 spiro atoms. The number of benzene rings is 2. The van der Waals surface area contributed by atoms with Crippen LogP contribution in [0.4, 0.5) is 19.8 Å². The van der Waals surface area contributed by atoms with Crippen molar-refractivity contribution in [1.82, 2.24) is 20.5 Å². The third-order valence-electron chi connectivity index (χ3n) is 5.55. The maximum absolute atomic E-state index is 13.7. The number of fused-ring (bicyclic) bond motifs is 1. The highest BCUT2D eigenvalue weighted by Gasteiger charge is 2.20. The van der Waals surface area contributed by atoms with Crippen LogP contribution in [0.2, 0.25) is 0 Å². The number of likely N-dealkylation sites (N-methyl/N-ethyl adjacent to an activating group) is 1. The van der Waals surface area contributed by atoms with Crippen molar-refractivity contribution in [2.45, 2.75) is 25.4 Å². The number of aromatic nitrogens is 1. The van der Waals surface area contributed by atoms with E-state index in [0.717, 1.165) is 10.8 Å². The minimum atomic E-state index is -0.415. The van der Waals surface area contributed by atoms with Gasteiger partial charge in [0.15, 0.2) is 0 Å². The van der Waals surface area contributed by atoms with Crippen LogP contribution in [0, 0.1) is 5.82 Å². The maximum atomic E-state index is 13.7. The standard InChI is InChI=1S/C24H30FN6O2P/c1-31(24(33)29-14-18-8-4-10-20(25)22(18)34)19(9-5-11-26)15-28-23(32)30-21-12-16-6-2-3-7-17(16)13-27-21/h2-4,6-8,10,12-13,19H,5,9,11,14-15,26,34H2,1H3,(H,29,33)(H2,27,28,30,32)/t19-/m1/s1. The fourth-order valence-corrected chi connectivity index (χ4v) is 3.80. The minimum absolute atomic E-state index is 0.185. The summed E-state index contributed by atoms with van der Waals surface area (Å²) in [6, 6.07) is 13.2. The van der Waals surface area contributed by atoms with E-state index in [0.29, 0.717) is 36.1 Å². The summed E-state index contributed by atoms with van der Waals surface area (Å²) in [7, 11) is 4.01. The van der Waals surface area contributed by atoms with Gasteiger partial charge in [0.2, 0.25) is 0 Å². The third-order valence-corrected chi connectivity index (χ3v) is 6.20. The number of rotatable bonds is 9. The van der Waals surface area contributed by atoms with Gasteiger partial charge in [0, 0.05) is 37.0 Å². The molecule has 0 saturated heterocycles. The predicted octanol–water partition coefficient (Wildman–Crippen LogP) is 2.94. The molecule has 3 aromatic rings. The van der Waals surface area contributed by atoms with Gasteiger partial charge in [-0.2, -0.15) is 0 Å². The van der Waals surface area contributed by atoms with E-state index < -0.39 is 6.03 Å². The number of carbonyl (C=O) groups excluding carboxylic acids is 2. The van der Waals surface area contributed by atoms with Crippen molar-refractivity contribution in [1.29, 1.82) is 0 Å². The Bertz CT molecular complexity index is 1150. The molecule has 1 unspecified atom stereocenters. The van der Waals surface area contributed by atoms with Crippen LogP contribution in [-0.4, -0.2) is 48.1 Å². The first-order valence-electron chi connectivity index (χ1n) is 11.0. The van der Waals surface area contributed by atoms with Crippen LogP contribution >= 0.6 is 9.24 Å². The van der Waals surface area contributed by atoms with E-state index in [1.165, 1.54) is 11.0 Å². The van der Waals surface area contributed by atoms with E-state index in [1.807, 2.05) is 24.3 Å². The minimum Gasteiger partial charge on any atom is -0.336 e. The summed E-state index contributed by atoms with van der Waals surface area (Å²) in [6.45, 7) is 0.891. The molecule has 1 heterocycles. The highest BCUT2D eigenvalue weighted by molar-refractivity contribution is 7.27. The van der Waals surface area contributed by atoms with E-state index in [1.54, 1.807) is 31.4 Å². The number of pyridine rings is 1. The van der Waals surface area contributed by atoms with E-state index in [4.69, 9.17) is 5.73 Å². The zero-order valence-electron chi connectivity index (χ0n) is 19.1. The number of nitrogens with zero attached hydrogens (tertiary/aromatic N) is 2. The Morgan fingerprint density at radius 1 is 1.15 bits per heavy atom. The van der Waals surface area contributed by atoms with Crippen LogP contribution in [0.1, 0.15) is 18.4 Å². The maximum Gasteiger partial charge on any atom is 0.320 e. The summed E-state index contributed by atoms with van der Waals surface area (Å²) in [4.78, 5) is 31.0. The Morgan fingerprint density at radius 3 is 2.68 bits per heavy atom. The molecular weight excluding hydrogens is 454 g/mol. The Kier molecular flexibility index (Phi) is 9.13. The monoisotopic (exact) mass is 484 g/mol. The van der Waals surface area contributed by atoms with E-state index in [2.05, 4.69) is 30.2 Å². The molecule has 0 aliphatic carbocycles. The number of nitrogens with two attached hydrogens (primary N) is 1. The quantitative estimate of drug-likeness (QED) is 0.350. The van der Waals surface area contributed by atoms with Gasteiger partial charge in [0.25, 0.3) is 0 Å². The summed E-state index contributed by atoms with van der Waals surface area (Å²) in [6.07, 6.45) is 3.01. The van der Waals surface area contributed by atoms with Crippen molar-refractivity contribution in [3.05, 3.63) is 66.1 Å². The zero-order chi connectivity index (χ0) is 24.5. The smallest absolute Gasteiger partial charge is 0.320 e. The predicted molar refractivity (Wildman–Crippen MR) is 137 cm³/mol. The van der Waals surface area contributed by atoms with Gasteiger partial charge >= 0.3 is 12.1 Å². The number of nitrogens with one attached hydrogen (secondary N) is 3. The van der Waals surface area contributed by atoms with Gasteiger partial charge in [0.05, 0.1) is 6.04 Å². The molecule has 0 aliphatic heterocycles. The normalized spacial score (nSPS) is 11.6. The first-order valence-corrected chi connectivity index (χ1v) is 11.6. The molecule has 0 radical (unpaired) electrons. The summed E-state index contributed by atoms with van der Waals surface area (Å²) in [5.41, 5.74) is 6.33. The third kappa shape index (κ3) is 6.85. The molecule has 180 valence electrons. The van der Waals surface area contributed by atoms with E-state index in [9.17, 15) is 14.0 Å². The number of amides is 4. The van der Waals surface area contributed by atoms with Crippen LogP contribution in [0.5, 0.6) is 0 Å². The van der Waals surface area contributed by atoms with Gasteiger partial charge in [-0.05, 0) is 42.5 Å². The summed E-state index contributed by atoms with van der Waals surface area (Å²) < 4.78 is 13.7. The molecule has 0 aliphatic rings. The average Bonchev–Trinajstić information content (AvgIpc) is 2.84. The van der Waals surface area contributed by atoms with Crippen LogP contribution in [0.3, 0.4) is 0 Å². The molecule has 8 nitrogen and oxygen atoms in total. The molecule has 0 bridgehead atoms. The first kappa shape index (κ1) is 25.3. The molecule has 34 heavy (non-hydrogen) atoms. The van der Waals surface area contributed by atoms with Gasteiger partial charge in [-0.3, -0.25) is 5.32 Å². The van der Waals surface area contributed by atoms with Crippen molar-refractivity contribution < 1.29 is 14.0 Å². The molecular formula is C24H30FN6O2P. The largest absolute Gasteiger partial charge is 0.336 e. The number of hydrogen-bond donors (Lipinski definition) is 4. The lowest BCUT2D eigenvalue weighted by atomic mass is 10.1. The zero-order valence-corrected chi connectivity index (χ0v) is 20.2. The summed E-state index contributed by atoms with van der Waals surface area (Å²) in [5, 5.41) is 10.7. The highest BCUT2D eigenvalue weighted by Crippen LogP contribution is 2.16. The molecule has 1 aromatic heterocycles. The van der Waals surface area contributed by atoms with Crippen LogP contribution in [0.15, 0.2) is 54.7 Å². The van der Waals surface area contributed by atoms with Crippen molar-refractivity contribution in [3.8, 4) is 0 Å². The van der Waals surface area contributed by atoms with Crippen molar-refractivity contribution in [2.24, 2.45) is 5.73 Å². The molecule has 10 heteroatoms. The van der Waals surface area contributed by atoms with E-state index in [-0.39, 0.29) is 31.0 Å². The number of halogens is 1. The van der Waals surface area contributed by atoms with Gasteiger partial charge in [-0.25, -0.2) is 19.0 Å². The topological polar surface area (TPSA) is 112 Å². The van der Waals surface area contributed by atoms with Crippen LogP contribution in [-0.2, 0) is 6.54 Å². The lowest BCUT2D eigenvalue weighted by Gasteiger charge is -2.29. The number of urea groups is 2. The fourth-order valence-electron chi connectivity index (χ4n) is 3.51. The van der Waals surface area contributed by atoms with Gasteiger partial charge < -0.3 is 21.3 Å². The SMILES string of the molecule is CN(C(=O)NCc1cccc(F)c1P)[C@H](CCCN)CNC(=O)Nc1cc2ccccc2cn1. The van der Waals surface area contributed by atoms with Crippen molar-refractivity contribution in [2.75, 3.05) is 25.5 Å². The summed E-state index contributed by atoms with van der Waals surface area (Å²) >= 11 is 0. The molecule has 0 fully saturated rings. The second-order valence-electron chi connectivity index (χ2n) is 7.92. The first-order chi connectivity index (χ1) is 16.4. The van der Waals surface area contributed by atoms with Crippen molar-refractivity contribution in [3.63, 3.8) is 0 Å². The lowest BCUT2D eigenvalue weighted by molar-refractivity contribution is 0.184. The molecule has 3 rings (SSSR count). The number of hydrogen-bond acceptors (Lipinski definition) is 4.